The van der Waals surface area contributed by atoms with Gasteiger partial charge in [-0.15, -0.1) is 0 Å². The van der Waals surface area contributed by atoms with Gasteiger partial charge in [-0.05, 0) is 27.7 Å². The van der Waals surface area contributed by atoms with Crippen molar-refractivity contribution in [3.8, 4) is 0 Å². The summed E-state index contributed by atoms with van der Waals surface area (Å²) in [5.74, 6) is -0.297. The topological polar surface area (TPSA) is 75.7 Å². The summed E-state index contributed by atoms with van der Waals surface area (Å²) in [6.07, 6.45) is 0. The zero-order valence-corrected chi connectivity index (χ0v) is 12.2. The molecule has 0 aliphatic carbocycles. The number of rotatable bonds is 4. The Hall–Kier alpha value is -0.660. The van der Waals surface area contributed by atoms with E-state index in [1.165, 1.54) is 4.31 Å². The molecule has 1 rings (SSSR count). The minimum atomic E-state index is -3.44. The maximum Gasteiger partial charge on any atom is 0.241 e. The second kappa shape index (κ2) is 5.99. The molecule has 1 atom stereocenters. The van der Waals surface area contributed by atoms with E-state index in [1.54, 1.807) is 13.8 Å². The predicted octanol–water partition coefficient (Wildman–Crippen LogP) is -0.0500. The first-order valence-corrected chi connectivity index (χ1v) is 7.66. The van der Waals surface area contributed by atoms with E-state index in [2.05, 4.69) is 5.32 Å². The molecule has 1 fully saturated rings. The largest absolute Gasteiger partial charge is 0.378 e. The number of nitrogens with zero attached hydrogens (tertiary/aromatic N) is 1. The van der Waals surface area contributed by atoms with Crippen molar-refractivity contribution in [3.63, 3.8) is 0 Å². The van der Waals surface area contributed by atoms with E-state index in [0.29, 0.717) is 6.61 Å². The number of sulfonamides is 1. The van der Waals surface area contributed by atoms with Crippen LogP contribution >= 0.6 is 0 Å². The Balaban J connectivity index is 2.90. The molecular formula is C11H22N2O4S. The number of morpholine rings is 1. The molecular weight excluding hydrogens is 256 g/mol. The van der Waals surface area contributed by atoms with Gasteiger partial charge in [0.05, 0.1) is 18.5 Å². The Bertz CT molecular complexity index is 392. The van der Waals surface area contributed by atoms with Gasteiger partial charge in [0.25, 0.3) is 0 Å². The summed E-state index contributed by atoms with van der Waals surface area (Å²) in [6.45, 7) is 7.58. The lowest BCUT2D eigenvalue weighted by Gasteiger charge is -2.35. The number of hydrogen-bond acceptors (Lipinski definition) is 4. The van der Waals surface area contributed by atoms with E-state index >= 15 is 0 Å². The van der Waals surface area contributed by atoms with Crippen molar-refractivity contribution in [1.82, 2.24) is 9.62 Å². The molecule has 1 saturated heterocycles. The van der Waals surface area contributed by atoms with Crippen LogP contribution < -0.4 is 5.32 Å². The van der Waals surface area contributed by atoms with E-state index in [4.69, 9.17) is 4.74 Å². The fraction of sp³-hybridized carbons (Fsp3) is 0.909. The third kappa shape index (κ3) is 3.43. The molecule has 0 bridgehead atoms. The molecule has 18 heavy (non-hydrogen) atoms. The van der Waals surface area contributed by atoms with Gasteiger partial charge in [0, 0.05) is 12.6 Å². The van der Waals surface area contributed by atoms with Crippen LogP contribution in [0.3, 0.4) is 0 Å². The van der Waals surface area contributed by atoms with Crippen LogP contribution in [0.5, 0.6) is 0 Å². The first-order valence-electron chi connectivity index (χ1n) is 6.15. The second-order valence-corrected chi connectivity index (χ2v) is 7.40. The van der Waals surface area contributed by atoms with Crippen molar-refractivity contribution in [2.75, 3.05) is 19.8 Å². The van der Waals surface area contributed by atoms with E-state index in [9.17, 15) is 13.2 Å². The van der Waals surface area contributed by atoms with Crippen LogP contribution in [0.1, 0.15) is 27.7 Å². The van der Waals surface area contributed by atoms with Gasteiger partial charge in [-0.1, -0.05) is 0 Å². The van der Waals surface area contributed by atoms with Crippen LogP contribution in [0.4, 0.5) is 0 Å². The van der Waals surface area contributed by atoms with Gasteiger partial charge in [-0.3, -0.25) is 4.79 Å². The third-order valence-electron chi connectivity index (χ3n) is 2.74. The smallest absolute Gasteiger partial charge is 0.241 e. The Kier molecular flexibility index (Phi) is 5.12. The highest BCUT2D eigenvalue weighted by Crippen LogP contribution is 2.16. The van der Waals surface area contributed by atoms with Crippen LogP contribution in [0.15, 0.2) is 0 Å². The van der Waals surface area contributed by atoms with Gasteiger partial charge in [-0.2, -0.15) is 4.31 Å². The van der Waals surface area contributed by atoms with E-state index in [0.717, 1.165) is 0 Å². The van der Waals surface area contributed by atoms with Gasteiger partial charge in [0.1, 0.15) is 6.04 Å². The fourth-order valence-electron chi connectivity index (χ4n) is 1.75. The summed E-state index contributed by atoms with van der Waals surface area (Å²) in [5, 5.41) is 2.19. The number of ether oxygens (including phenoxy) is 1. The first-order chi connectivity index (χ1) is 8.26. The molecule has 1 aliphatic heterocycles. The molecule has 0 radical (unpaired) electrons. The number of hydrogen-bond donors (Lipinski definition) is 1. The molecule has 0 aromatic rings. The van der Waals surface area contributed by atoms with Crippen LogP contribution in [-0.4, -0.2) is 55.7 Å². The number of amides is 1. The van der Waals surface area contributed by atoms with Crippen molar-refractivity contribution < 1.29 is 17.9 Å². The van der Waals surface area contributed by atoms with Crippen LogP contribution in [0, 0.1) is 0 Å². The molecule has 6 nitrogen and oxygen atoms in total. The molecule has 0 spiro atoms. The molecule has 106 valence electrons. The lowest BCUT2D eigenvalue weighted by molar-refractivity contribution is -0.129. The summed E-state index contributed by atoms with van der Waals surface area (Å²) < 4.78 is 30.8. The molecule has 1 amide bonds. The van der Waals surface area contributed by atoms with Crippen molar-refractivity contribution in [1.29, 1.82) is 0 Å². The molecule has 0 aromatic heterocycles. The van der Waals surface area contributed by atoms with Crippen molar-refractivity contribution in [3.05, 3.63) is 0 Å². The SMILES string of the molecule is CC(C)NC(=O)C1COCCN1S(=O)(=O)C(C)C. The van der Waals surface area contributed by atoms with Crippen molar-refractivity contribution in [2.45, 2.75) is 45.0 Å². The molecule has 1 aliphatic rings. The maximum atomic E-state index is 12.2. The Morgan fingerprint density at radius 2 is 1.94 bits per heavy atom. The van der Waals surface area contributed by atoms with Crippen LogP contribution in [0.25, 0.3) is 0 Å². The quantitative estimate of drug-likeness (QED) is 0.782. The van der Waals surface area contributed by atoms with E-state index in [-0.39, 0.29) is 25.1 Å². The number of carbonyl (C=O) groups is 1. The average molecular weight is 278 g/mol. The lowest BCUT2D eigenvalue weighted by Crippen LogP contribution is -2.57. The van der Waals surface area contributed by atoms with Crippen LogP contribution in [-0.2, 0) is 19.6 Å². The lowest BCUT2D eigenvalue weighted by atomic mass is 10.2. The normalized spacial score (nSPS) is 22.4. The van der Waals surface area contributed by atoms with E-state index < -0.39 is 21.3 Å². The molecule has 1 heterocycles. The summed E-state index contributed by atoms with van der Waals surface area (Å²) in [5.41, 5.74) is 0. The van der Waals surface area contributed by atoms with Gasteiger partial charge in [-0.25, -0.2) is 8.42 Å². The monoisotopic (exact) mass is 278 g/mol. The molecule has 0 aromatic carbocycles. The molecule has 1 unspecified atom stereocenters. The Morgan fingerprint density at radius 3 is 2.44 bits per heavy atom. The molecule has 0 saturated carbocycles. The summed E-state index contributed by atoms with van der Waals surface area (Å²) in [4.78, 5) is 12.0. The molecule has 1 N–H and O–H groups in total. The zero-order chi connectivity index (χ0) is 13.9. The number of carbonyl (C=O) groups excluding carboxylic acids is 1. The minimum Gasteiger partial charge on any atom is -0.378 e. The number of nitrogens with one attached hydrogen (secondary N) is 1. The van der Waals surface area contributed by atoms with Gasteiger partial charge < -0.3 is 10.1 Å². The highest BCUT2D eigenvalue weighted by molar-refractivity contribution is 7.89. The molecule has 7 heteroatoms. The summed E-state index contributed by atoms with van der Waals surface area (Å²) in [6, 6.07) is -0.781. The zero-order valence-electron chi connectivity index (χ0n) is 11.3. The fourth-order valence-corrected chi connectivity index (χ4v) is 3.13. The summed E-state index contributed by atoms with van der Waals surface area (Å²) >= 11 is 0. The minimum absolute atomic E-state index is 0.0250. The predicted molar refractivity (Wildman–Crippen MR) is 68.6 cm³/mol. The van der Waals surface area contributed by atoms with Crippen molar-refractivity contribution >= 4 is 15.9 Å². The van der Waals surface area contributed by atoms with Crippen LogP contribution in [0.2, 0.25) is 0 Å². The van der Waals surface area contributed by atoms with Gasteiger partial charge >= 0.3 is 0 Å². The van der Waals surface area contributed by atoms with Gasteiger partial charge in [0.2, 0.25) is 15.9 Å². The standard InChI is InChI=1S/C11H22N2O4S/c1-8(2)12-11(14)10-7-17-6-5-13(10)18(15,16)9(3)4/h8-10H,5-7H2,1-4H3,(H,12,14). The third-order valence-corrected chi connectivity index (χ3v) is 5.02. The Labute approximate surface area is 109 Å². The second-order valence-electron chi connectivity index (χ2n) is 4.96. The highest BCUT2D eigenvalue weighted by Gasteiger charge is 2.38. The summed E-state index contributed by atoms with van der Waals surface area (Å²) in [7, 11) is -3.44. The van der Waals surface area contributed by atoms with E-state index in [1.807, 2.05) is 13.8 Å². The Morgan fingerprint density at radius 1 is 1.33 bits per heavy atom. The first kappa shape index (κ1) is 15.4. The highest BCUT2D eigenvalue weighted by atomic mass is 32.2. The van der Waals surface area contributed by atoms with Gasteiger partial charge in [0.15, 0.2) is 0 Å². The average Bonchev–Trinajstić information content (AvgIpc) is 2.27. The maximum absolute atomic E-state index is 12.2. The van der Waals surface area contributed by atoms with Crippen molar-refractivity contribution in [2.24, 2.45) is 0 Å².